The molecule has 6 heteroatoms. The molecule has 4 nitrogen and oxygen atoms in total. The van der Waals surface area contributed by atoms with Crippen molar-refractivity contribution >= 4 is 29.2 Å². The highest BCUT2D eigenvalue weighted by Gasteiger charge is 2.12. The van der Waals surface area contributed by atoms with Crippen molar-refractivity contribution in [1.82, 2.24) is 4.98 Å². The Morgan fingerprint density at radius 1 is 1.25 bits per heavy atom. The third-order valence-corrected chi connectivity index (χ3v) is 3.66. The smallest absolute Gasteiger partial charge is 0.337 e. The van der Waals surface area contributed by atoms with Crippen molar-refractivity contribution in [1.29, 1.82) is 0 Å². The van der Waals surface area contributed by atoms with E-state index < -0.39 is 5.97 Å². The van der Waals surface area contributed by atoms with Gasteiger partial charge in [-0.2, -0.15) is 0 Å². The van der Waals surface area contributed by atoms with Crippen LogP contribution in [-0.4, -0.2) is 16.1 Å². The van der Waals surface area contributed by atoms with Gasteiger partial charge >= 0.3 is 5.97 Å². The van der Waals surface area contributed by atoms with Crippen LogP contribution >= 0.6 is 23.2 Å². The minimum atomic E-state index is -1.07. The van der Waals surface area contributed by atoms with Crippen LogP contribution in [-0.2, 0) is 6.42 Å². The second-order valence-electron chi connectivity index (χ2n) is 4.39. The lowest BCUT2D eigenvalue weighted by molar-refractivity contribution is 0.0695. The van der Waals surface area contributed by atoms with E-state index in [-0.39, 0.29) is 17.5 Å². The highest BCUT2D eigenvalue weighted by molar-refractivity contribution is 6.42. The van der Waals surface area contributed by atoms with Gasteiger partial charge in [0, 0.05) is 17.7 Å². The standard InChI is InChI=1S/C14H11Cl2NO3/c1-7-10(14(19)20)6-9(13(18)17-7)4-8-2-3-11(15)12(16)5-8/h2-3,5-6H,4H2,1H3,(H,17,18)(H,19,20). The van der Waals surface area contributed by atoms with Crippen molar-refractivity contribution in [2.45, 2.75) is 13.3 Å². The number of carboxylic acid groups (broad SMARTS) is 1. The van der Waals surface area contributed by atoms with Crippen LogP contribution in [0.15, 0.2) is 29.1 Å². The number of pyridine rings is 1. The van der Waals surface area contributed by atoms with Gasteiger partial charge in [-0.3, -0.25) is 4.79 Å². The van der Waals surface area contributed by atoms with Crippen LogP contribution in [0.5, 0.6) is 0 Å². The van der Waals surface area contributed by atoms with Gasteiger partial charge in [-0.05, 0) is 30.7 Å². The number of aromatic amines is 1. The number of carboxylic acids is 1. The maximum atomic E-state index is 11.9. The number of carbonyl (C=O) groups is 1. The number of aromatic carboxylic acids is 1. The maximum absolute atomic E-state index is 11.9. The lowest BCUT2D eigenvalue weighted by Gasteiger charge is -2.06. The maximum Gasteiger partial charge on any atom is 0.337 e. The molecule has 1 aromatic carbocycles. The van der Waals surface area contributed by atoms with Gasteiger partial charge in [0.15, 0.2) is 0 Å². The van der Waals surface area contributed by atoms with E-state index in [2.05, 4.69) is 4.98 Å². The number of benzene rings is 1. The Kier molecular flexibility index (Phi) is 4.16. The molecule has 0 fully saturated rings. The normalized spacial score (nSPS) is 10.6. The number of hydrogen-bond donors (Lipinski definition) is 2. The largest absolute Gasteiger partial charge is 0.478 e. The summed E-state index contributed by atoms with van der Waals surface area (Å²) in [6.07, 6.45) is 0.285. The molecule has 20 heavy (non-hydrogen) atoms. The molecule has 0 saturated carbocycles. The van der Waals surface area contributed by atoms with Crippen molar-refractivity contribution < 1.29 is 9.90 Å². The second-order valence-corrected chi connectivity index (χ2v) is 5.21. The van der Waals surface area contributed by atoms with Crippen LogP contribution in [0.3, 0.4) is 0 Å². The van der Waals surface area contributed by atoms with E-state index in [1.165, 1.54) is 6.07 Å². The average Bonchev–Trinajstić information content (AvgIpc) is 2.36. The van der Waals surface area contributed by atoms with E-state index >= 15 is 0 Å². The Hall–Kier alpha value is -1.78. The Morgan fingerprint density at radius 3 is 2.55 bits per heavy atom. The monoisotopic (exact) mass is 311 g/mol. The van der Waals surface area contributed by atoms with E-state index in [9.17, 15) is 9.59 Å². The molecule has 0 atom stereocenters. The molecule has 0 aliphatic rings. The fourth-order valence-electron chi connectivity index (χ4n) is 1.89. The lowest BCUT2D eigenvalue weighted by Crippen LogP contribution is -2.17. The molecular weight excluding hydrogens is 301 g/mol. The summed E-state index contributed by atoms with van der Waals surface area (Å²) in [6.45, 7) is 1.55. The second kappa shape index (κ2) is 5.69. The Labute approximate surface area is 125 Å². The van der Waals surface area contributed by atoms with Crippen molar-refractivity contribution in [3.63, 3.8) is 0 Å². The molecule has 0 aliphatic carbocycles. The molecule has 1 aromatic heterocycles. The predicted octanol–water partition coefficient (Wildman–Crippen LogP) is 3.28. The summed E-state index contributed by atoms with van der Waals surface area (Å²) in [5.74, 6) is -1.07. The number of aryl methyl sites for hydroxylation is 1. The van der Waals surface area contributed by atoms with E-state index in [0.29, 0.717) is 21.3 Å². The molecule has 0 aliphatic heterocycles. The van der Waals surface area contributed by atoms with Crippen LogP contribution in [0, 0.1) is 6.92 Å². The minimum absolute atomic E-state index is 0.0830. The summed E-state index contributed by atoms with van der Waals surface area (Å²) >= 11 is 11.7. The first-order valence-electron chi connectivity index (χ1n) is 5.78. The summed E-state index contributed by atoms with van der Waals surface area (Å²) in [6, 6.07) is 6.43. The van der Waals surface area contributed by atoms with E-state index in [1.54, 1.807) is 25.1 Å². The Morgan fingerprint density at radius 2 is 1.95 bits per heavy atom. The van der Waals surface area contributed by atoms with Gasteiger partial charge in [-0.25, -0.2) is 4.79 Å². The van der Waals surface area contributed by atoms with Gasteiger partial charge in [-0.15, -0.1) is 0 Å². The SMILES string of the molecule is Cc1[nH]c(=O)c(Cc2ccc(Cl)c(Cl)c2)cc1C(=O)O. The van der Waals surface area contributed by atoms with Crippen molar-refractivity contribution in [2.24, 2.45) is 0 Å². The summed E-state index contributed by atoms with van der Waals surface area (Å²) in [4.78, 5) is 25.5. The van der Waals surface area contributed by atoms with Crippen molar-refractivity contribution in [3.8, 4) is 0 Å². The predicted molar refractivity (Wildman–Crippen MR) is 78.0 cm³/mol. The van der Waals surface area contributed by atoms with Gasteiger partial charge < -0.3 is 10.1 Å². The van der Waals surface area contributed by atoms with E-state index in [4.69, 9.17) is 28.3 Å². The molecular formula is C14H11Cl2NO3. The molecule has 2 aromatic rings. The van der Waals surface area contributed by atoms with E-state index in [1.807, 2.05) is 0 Å². The fraction of sp³-hybridized carbons (Fsp3) is 0.143. The molecule has 104 valence electrons. The number of hydrogen-bond acceptors (Lipinski definition) is 2. The third kappa shape index (κ3) is 3.03. The number of nitrogens with one attached hydrogen (secondary N) is 1. The van der Waals surface area contributed by atoms with Crippen LogP contribution in [0.4, 0.5) is 0 Å². The molecule has 0 spiro atoms. The van der Waals surface area contributed by atoms with Crippen LogP contribution in [0.1, 0.15) is 27.2 Å². The van der Waals surface area contributed by atoms with Gasteiger partial charge in [0.1, 0.15) is 0 Å². The summed E-state index contributed by atoms with van der Waals surface area (Å²) in [5, 5.41) is 9.89. The first kappa shape index (κ1) is 14.6. The molecule has 0 bridgehead atoms. The van der Waals surface area contributed by atoms with Gasteiger partial charge in [0.2, 0.25) is 0 Å². The lowest BCUT2D eigenvalue weighted by atomic mass is 10.0. The molecule has 1 heterocycles. The van der Waals surface area contributed by atoms with E-state index in [0.717, 1.165) is 5.56 Å². The Bertz CT molecular complexity index is 738. The zero-order valence-corrected chi connectivity index (χ0v) is 12.0. The molecule has 0 saturated heterocycles. The molecule has 2 N–H and O–H groups in total. The quantitative estimate of drug-likeness (QED) is 0.913. The van der Waals surface area contributed by atoms with Gasteiger partial charge in [-0.1, -0.05) is 29.3 Å². The third-order valence-electron chi connectivity index (χ3n) is 2.92. The highest BCUT2D eigenvalue weighted by Crippen LogP contribution is 2.23. The zero-order valence-electron chi connectivity index (χ0n) is 10.5. The summed E-state index contributed by atoms with van der Waals surface area (Å²) in [7, 11) is 0. The van der Waals surface area contributed by atoms with Crippen molar-refractivity contribution in [3.05, 3.63) is 67.0 Å². The molecule has 2 rings (SSSR count). The number of halogens is 2. The van der Waals surface area contributed by atoms with Crippen molar-refractivity contribution in [2.75, 3.05) is 0 Å². The van der Waals surface area contributed by atoms with Gasteiger partial charge in [0.25, 0.3) is 5.56 Å². The number of H-pyrrole nitrogens is 1. The number of rotatable bonds is 3. The van der Waals surface area contributed by atoms with Gasteiger partial charge in [0.05, 0.1) is 15.6 Å². The molecule has 0 radical (unpaired) electrons. The van der Waals surface area contributed by atoms with Crippen LogP contribution in [0.25, 0.3) is 0 Å². The minimum Gasteiger partial charge on any atom is -0.478 e. The Balaban J connectivity index is 2.43. The highest BCUT2D eigenvalue weighted by atomic mass is 35.5. The van der Waals surface area contributed by atoms with Crippen LogP contribution < -0.4 is 5.56 Å². The zero-order chi connectivity index (χ0) is 14.9. The fourth-order valence-corrected chi connectivity index (χ4v) is 2.21. The molecule has 0 unspecified atom stereocenters. The average molecular weight is 312 g/mol. The topological polar surface area (TPSA) is 70.2 Å². The molecule has 0 amide bonds. The first-order chi connectivity index (χ1) is 9.38. The first-order valence-corrected chi connectivity index (χ1v) is 6.54. The number of aromatic nitrogens is 1. The summed E-state index contributed by atoms with van der Waals surface area (Å²) < 4.78 is 0. The van der Waals surface area contributed by atoms with Crippen LogP contribution in [0.2, 0.25) is 10.0 Å². The summed E-state index contributed by atoms with van der Waals surface area (Å²) in [5.41, 5.74) is 1.26.